The molecule has 218 valence electrons. The maximum Gasteiger partial charge on any atom is 0.337 e. The molecule has 0 amide bonds. The summed E-state index contributed by atoms with van der Waals surface area (Å²) in [5.41, 5.74) is 2.12. The van der Waals surface area contributed by atoms with Gasteiger partial charge in [-0.25, -0.2) is 27.9 Å². The molecule has 0 saturated heterocycles. The third-order valence-corrected chi connectivity index (χ3v) is 6.79. The van der Waals surface area contributed by atoms with Crippen LogP contribution in [0.4, 0.5) is 13.2 Å². The first-order valence-electron chi connectivity index (χ1n) is 13.1. The molecule has 0 aliphatic carbocycles. The Labute approximate surface area is 244 Å². The van der Waals surface area contributed by atoms with E-state index in [4.69, 9.17) is 19.5 Å². The van der Waals surface area contributed by atoms with Crippen molar-refractivity contribution in [1.82, 2.24) is 14.5 Å². The standard InChI is InChI=1S/C32H25F3N4O4/c1-41-11-10-39-29-14-20(32(40)42-2)8-9-28(29)37-30(39)15-22-13-26(35)23(16-25(22)34)27-4-3-5-31(38-27)43-18-19-6-7-21(17-36)24(33)12-19/h3-9,12-14,16H,10-11,15,18H2,1-2H3. The molecule has 2 aromatic heterocycles. The van der Waals surface area contributed by atoms with Crippen LogP contribution in [-0.2, 0) is 29.0 Å². The van der Waals surface area contributed by atoms with Crippen molar-refractivity contribution in [2.75, 3.05) is 20.8 Å². The van der Waals surface area contributed by atoms with Crippen molar-refractivity contribution in [2.45, 2.75) is 19.6 Å². The zero-order chi connectivity index (χ0) is 30.5. The molecular formula is C32H25F3N4O4. The molecule has 3 aromatic carbocycles. The average molecular weight is 587 g/mol. The summed E-state index contributed by atoms with van der Waals surface area (Å²) in [7, 11) is 2.84. The molecule has 0 bridgehead atoms. The molecule has 2 heterocycles. The number of fused-ring (bicyclic) bond motifs is 1. The Hall–Kier alpha value is -5.21. The molecule has 0 radical (unpaired) electrons. The largest absolute Gasteiger partial charge is 0.473 e. The van der Waals surface area contributed by atoms with E-state index in [1.807, 2.05) is 0 Å². The monoisotopic (exact) mass is 586 g/mol. The number of esters is 1. The van der Waals surface area contributed by atoms with E-state index in [0.717, 1.165) is 12.1 Å². The van der Waals surface area contributed by atoms with Crippen LogP contribution in [0.15, 0.2) is 66.7 Å². The summed E-state index contributed by atoms with van der Waals surface area (Å²) in [5.74, 6) is -1.92. The summed E-state index contributed by atoms with van der Waals surface area (Å²) in [6, 6.07) is 17.6. The van der Waals surface area contributed by atoms with Gasteiger partial charge in [-0.2, -0.15) is 5.26 Å². The number of methoxy groups -OCH3 is 2. The Bertz CT molecular complexity index is 1870. The fraction of sp³-hybridized carbons (Fsp3) is 0.188. The van der Waals surface area contributed by atoms with Gasteiger partial charge in [0.05, 0.1) is 41.6 Å². The molecule has 0 unspecified atom stereocenters. The van der Waals surface area contributed by atoms with Crippen molar-refractivity contribution >= 4 is 17.0 Å². The molecule has 5 aromatic rings. The molecule has 0 fully saturated rings. The van der Waals surface area contributed by atoms with E-state index in [0.29, 0.717) is 41.1 Å². The highest BCUT2D eigenvalue weighted by atomic mass is 19.1. The highest BCUT2D eigenvalue weighted by molar-refractivity contribution is 5.93. The summed E-state index contributed by atoms with van der Waals surface area (Å²) >= 11 is 0. The minimum Gasteiger partial charge on any atom is -0.473 e. The second-order valence-electron chi connectivity index (χ2n) is 9.54. The van der Waals surface area contributed by atoms with Crippen LogP contribution in [-0.4, -0.2) is 41.3 Å². The zero-order valence-corrected chi connectivity index (χ0v) is 23.2. The molecule has 5 rings (SSSR count). The average Bonchev–Trinajstić information content (AvgIpc) is 3.36. The third-order valence-electron chi connectivity index (χ3n) is 6.79. The Morgan fingerprint density at radius 1 is 0.953 bits per heavy atom. The van der Waals surface area contributed by atoms with E-state index in [2.05, 4.69) is 9.97 Å². The minimum atomic E-state index is -0.692. The number of pyridine rings is 1. The van der Waals surface area contributed by atoms with Gasteiger partial charge in [-0.3, -0.25) is 0 Å². The fourth-order valence-electron chi connectivity index (χ4n) is 4.62. The molecule has 43 heavy (non-hydrogen) atoms. The van der Waals surface area contributed by atoms with E-state index in [9.17, 15) is 9.18 Å². The van der Waals surface area contributed by atoms with Gasteiger partial charge in [-0.05, 0) is 59.7 Å². The number of ether oxygens (including phenoxy) is 3. The van der Waals surface area contributed by atoms with Crippen LogP contribution in [0.1, 0.15) is 32.9 Å². The summed E-state index contributed by atoms with van der Waals surface area (Å²) < 4.78 is 62.2. The fourth-order valence-corrected chi connectivity index (χ4v) is 4.62. The highest BCUT2D eigenvalue weighted by Gasteiger charge is 2.19. The molecule has 0 spiro atoms. The third kappa shape index (κ3) is 6.34. The van der Waals surface area contributed by atoms with Crippen molar-refractivity contribution in [3.05, 3.63) is 112 Å². The normalized spacial score (nSPS) is 11.0. The summed E-state index contributed by atoms with van der Waals surface area (Å²) in [5, 5.41) is 8.88. The van der Waals surface area contributed by atoms with Gasteiger partial charge in [0.1, 0.15) is 36.0 Å². The van der Waals surface area contributed by atoms with Gasteiger partial charge in [0.2, 0.25) is 5.88 Å². The molecule has 11 heteroatoms. The lowest BCUT2D eigenvalue weighted by molar-refractivity contribution is 0.0601. The van der Waals surface area contributed by atoms with E-state index in [-0.39, 0.29) is 41.3 Å². The summed E-state index contributed by atoms with van der Waals surface area (Å²) in [6.45, 7) is 0.669. The van der Waals surface area contributed by atoms with Gasteiger partial charge in [0.25, 0.3) is 0 Å². The van der Waals surface area contributed by atoms with Gasteiger partial charge in [-0.15, -0.1) is 0 Å². The Kier molecular flexibility index (Phi) is 8.69. The minimum absolute atomic E-state index is 0.0211. The number of hydrogen-bond acceptors (Lipinski definition) is 7. The van der Waals surface area contributed by atoms with Crippen molar-refractivity contribution in [2.24, 2.45) is 0 Å². The lowest BCUT2D eigenvalue weighted by Gasteiger charge is -2.12. The number of benzene rings is 3. The number of aromatic nitrogens is 3. The van der Waals surface area contributed by atoms with Gasteiger partial charge in [0.15, 0.2) is 0 Å². The van der Waals surface area contributed by atoms with Gasteiger partial charge < -0.3 is 18.8 Å². The molecule has 0 saturated carbocycles. The maximum absolute atomic E-state index is 15.4. The number of imidazole rings is 1. The van der Waals surface area contributed by atoms with Crippen molar-refractivity contribution in [3.8, 4) is 23.2 Å². The van der Waals surface area contributed by atoms with Crippen LogP contribution in [0.5, 0.6) is 5.88 Å². The Balaban J connectivity index is 1.40. The quantitative estimate of drug-likeness (QED) is 0.185. The number of rotatable bonds is 10. The lowest BCUT2D eigenvalue weighted by Crippen LogP contribution is -2.10. The van der Waals surface area contributed by atoms with E-state index in [1.54, 1.807) is 54.1 Å². The van der Waals surface area contributed by atoms with E-state index < -0.39 is 23.4 Å². The summed E-state index contributed by atoms with van der Waals surface area (Å²) in [6.07, 6.45) is -0.0211. The van der Waals surface area contributed by atoms with Gasteiger partial charge in [0, 0.05) is 31.7 Å². The van der Waals surface area contributed by atoms with Gasteiger partial charge >= 0.3 is 5.97 Å². The topological polar surface area (TPSA) is 99.3 Å². The maximum atomic E-state index is 15.4. The molecule has 0 aliphatic heterocycles. The van der Waals surface area contributed by atoms with Crippen molar-refractivity contribution in [3.63, 3.8) is 0 Å². The van der Waals surface area contributed by atoms with Crippen LogP contribution < -0.4 is 4.74 Å². The molecular weight excluding hydrogens is 561 g/mol. The van der Waals surface area contributed by atoms with Crippen molar-refractivity contribution in [1.29, 1.82) is 5.26 Å². The molecule has 0 aliphatic rings. The second kappa shape index (κ2) is 12.8. The first-order chi connectivity index (χ1) is 20.8. The number of halogens is 3. The van der Waals surface area contributed by atoms with Crippen molar-refractivity contribution < 1.29 is 32.2 Å². The molecule has 8 nitrogen and oxygen atoms in total. The van der Waals surface area contributed by atoms with Crippen LogP contribution in [0.25, 0.3) is 22.3 Å². The molecule has 0 atom stereocenters. The van der Waals surface area contributed by atoms with E-state index >= 15 is 8.78 Å². The van der Waals surface area contributed by atoms with Gasteiger partial charge in [-0.1, -0.05) is 12.1 Å². The van der Waals surface area contributed by atoms with Crippen LogP contribution >= 0.6 is 0 Å². The number of carbonyl (C=O) groups excluding carboxylic acids is 1. The van der Waals surface area contributed by atoms with Crippen LogP contribution in [0, 0.1) is 28.8 Å². The zero-order valence-electron chi connectivity index (χ0n) is 23.2. The number of nitrogens with zero attached hydrogens (tertiary/aromatic N) is 4. The predicted octanol–water partition coefficient (Wildman–Crippen LogP) is 5.99. The Morgan fingerprint density at radius 2 is 1.79 bits per heavy atom. The summed E-state index contributed by atoms with van der Waals surface area (Å²) in [4.78, 5) is 21.0. The number of nitriles is 1. The highest BCUT2D eigenvalue weighted by Crippen LogP contribution is 2.28. The number of hydrogen-bond donors (Lipinski definition) is 0. The predicted molar refractivity (Wildman–Crippen MR) is 151 cm³/mol. The SMILES string of the molecule is COCCn1c(Cc2cc(F)c(-c3cccc(OCc4ccc(C#N)c(F)c4)n3)cc2F)nc2ccc(C(=O)OC)cc21. The van der Waals surface area contributed by atoms with Crippen LogP contribution in [0.3, 0.4) is 0 Å². The number of carbonyl (C=O) groups is 1. The first-order valence-corrected chi connectivity index (χ1v) is 13.1. The molecule has 0 N–H and O–H groups in total. The lowest BCUT2D eigenvalue weighted by atomic mass is 10.0. The van der Waals surface area contributed by atoms with E-state index in [1.165, 1.54) is 25.3 Å². The first kappa shape index (κ1) is 29.3. The Morgan fingerprint density at radius 3 is 2.53 bits per heavy atom. The smallest absolute Gasteiger partial charge is 0.337 e. The second-order valence-corrected chi connectivity index (χ2v) is 9.54. The van der Waals surface area contributed by atoms with Crippen LogP contribution in [0.2, 0.25) is 0 Å².